The van der Waals surface area contributed by atoms with Gasteiger partial charge in [-0.15, -0.1) is 0 Å². The molecule has 0 N–H and O–H groups in total. The van der Waals surface area contributed by atoms with Crippen LogP contribution in [0.4, 0.5) is 50.4 Å². The third-order valence-electron chi connectivity index (χ3n) is 6.38. The zero-order chi connectivity index (χ0) is 35.2. The van der Waals surface area contributed by atoms with Crippen LogP contribution in [0.2, 0.25) is 0 Å². The summed E-state index contributed by atoms with van der Waals surface area (Å²) in [6, 6.07) is 34.4. The van der Waals surface area contributed by atoms with Gasteiger partial charge in [0.2, 0.25) is 19.6 Å². The first-order valence-electron chi connectivity index (χ1n) is 13.5. The van der Waals surface area contributed by atoms with E-state index in [1.807, 2.05) is 0 Å². The molecule has 0 saturated heterocycles. The number of ether oxygens (including phenoxy) is 2. The van der Waals surface area contributed by atoms with Crippen molar-refractivity contribution in [2.24, 2.45) is 0 Å². The van der Waals surface area contributed by atoms with E-state index in [1.165, 1.54) is 19.6 Å². The second kappa shape index (κ2) is 11.4. The fraction of sp³-hybridized carbons (Fsp3) is 0.172. The topological polar surface area (TPSA) is 18.5 Å². The van der Waals surface area contributed by atoms with Crippen LogP contribution < -0.4 is 9.47 Å². The Labute approximate surface area is 267 Å². The van der Waals surface area contributed by atoms with Crippen LogP contribution in [-0.2, 0) is 21.8 Å². The quantitative estimate of drug-likeness (QED) is 0.117. The molecule has 2 heterocycles. The summed E-state index contributed by atoms with van der Waals surface area (Å²) >= 11 is 0. The third kappa shape index (κ3) is 11.7. The van der Waals surface area contributed by atoms with Crippen molar-refractivity contribution < 1.29 is 59.8 Å². The van der Waals surface area contributed by atoms with Gasteiger partial charge in [0, 0.05) is 0 Å². The Hall–Kier alpha value is -2.80. The number of rotatable bonds is 4. The molecule has 2 atom stereocenters. The summed E-state index contributed by atoms with van der Waals surface area (Å²) in [5.41, 5.74) is 0. The van der Waals surface area contributed by atoms with Crippen molar-refractivity contribution in [3.63, 3.8) is 0 Å². The Morgan fingerprint density at radius 2 is 0.702 bits per heavy atom. The molecule has 0 saturated carbocycles. The summed E-state index contributed by atoms with van der Waals surface area (Å²) in [7, 11) is -21.5. The van der Waals surface area contributed by atoms with E-state index in [0.717, 1.165) is 29.4 Å². The molecule has 4 aromatic rings. The van der Waals surface area contributed by atoms with Gasteiger partial charge in [-0.2, -0.15) is 0 Å². The van der Waals surface area contributed by atoms with Gasteiger partial charge in [-0.25, -0.2) is 0 Å². The molecule has 0 amide bonds. The van der Waals surface area contributed by atoms with Crippen LogP contribution in [0.15, 0.2) is 117 Å². The number of hydrogen-bond donors (Lipinski definition) is 0. The standard InChI is InChI=1S/C29H26O2S2.2F6P/c1-3-25(33-28-18-10-6-14-23(28)31-24-15-7-11-19-29(24)33)20(2)32-26-16-8-4-12-21(26)30-22-13-5-9-17-27(22)32;2*1-7(2,3,4,5)6/h4-20,25H,3H2,1-2H3;;/q+2;2*-1/t20-,25+;;/m0../s1. The Balaban J connectivity index is 0.000000301. The van der Waals surface area contributed by atoms with Crippen LogP contribution in [0.25, 0.3) is 0 Å². The molecule has 0 unspecified atom stereocenters. The van der Waals surface area contributed by atoms with E-state index in [0.29, 0.717) is 10.5 Å². The van der Waals surface area contributed by atoms with Crippen molar-refractivity contribution in [3.05, 3.63) is 97.1 Å². The van der Waals surface area contributed by atoms with Gasteiger partial charge in [-0.3, -0.25) is 0 Å². The summed E-state index contributed by atoms with van der Waals surface area (Å²) in [4.78, 5) is 5.29. The van der Waals surface area contributed by atoms with E-state index in [1.54, 1.807) is 0 Å². The number of benzene rings is 4. The monoisotopic (exact) mass is 760 g/mol. The molecule has 0 fully saturated rings. The van der Waals surface area contributed by atoms with Crippen LogP contribution in [0, 0.1) is 0 Å². The van der Waals surface area contributed by atoms with Gasteiger partial charge >= 0.3 is 66.0 Å². The van der Waals surface area contributed by atoms with Gasteiger partial charge in [0.25, 0.3) is 0 Å². The molecule has 0 aromatic heterocycles. The molecule has 0 radical (unpaired) electrons. The number of para-hydroxylation sites is 4. The third-order valence-corrected chi connectivity index (χ3v) is 12.2. The molecular weight excluding hydrogens is 734 g/mol. The van der Waals surface area contributed by atoms with Crippen LogP contribution in [0.5, 0.6) is 23.0 Å². The van der Waals surface area contributed by atoms with E-state index in [-0.39, 0.29) is 21.8 Å². The van der Waals surface area contributed by atoms with E-state index < -0.39 is 15.6 Å². The molecular formula is C29H26F12O2P2S2. The van der Waals surface area contributed by atoms with Crippen molar-refractivity contribution in [1.29, 1.82) is 0 Å². The van der Waals surface area contributed by atoms with Gasteiger partial charge in [0.15, 0.2) is 33.5 Å². The Morgan fingerprint density at radius 3 is 0.957 bits per heavy atom. The maximum absolute atomic E-state index is 10.7. The fourth-order valence-corrected chi connectivity index (χ4v) is 10.9. The van der Waals surface area contributed by atoms with Crippen LogP contribution >= 0.6 is 15.6 Å². The van der Waals surface area contributed by atoms with Crippen molar-refractivity contribution in [2.45, 2.75) is 50.4 Å². The molecule has 6 rings (SSSR count). The zero-order valence-electron chi connectivity index (χ0n) is 24.2. The van der Waals surface area contributed by atoms with Crippen LogP contribution in [0.3, 0.4) is 0 Å². The van der Waals surface area contributed by atoms with E-state index in [2.05, 4.69) is 111 Å². The number of halogens is 12. The summed E-state index contributed by atoms with van der Waals surface area (Å²) in [6.07, 6.45) is 1.10. The fourth-order valence-electron chi connectivity index (χ4n) is 4.91. The first kappa shape index (κ1) is 37.0. The normalized spacial score (nSPS) is 18.3. The average Bonchev–Trinajstić information content (AvgIpc) is 2.92. The molecule has 0 spiro atoms. The van der Waals surface area contributed by atoms with Gasteiger partial charge in [-0.1, -0.05) is 55.5 Å². The second-order valence-electron chi connectivity index (χ2n) is 10.2. The van der Waals surface area contributed by atoms with Gasteiger partial charge in [-0.05, 0) is 61.9 Å². The SMILES string of the molecule is CC[C@H]([C@H](C)[S+]1c2ccccc2Oc2ccccc21)[S+]1c2ccccc2Oc2ccccc21.F[P-](F)(F)(F)(F)F.F[P-](F)(F)(F)(F)F. The minimum atomic E-state index is -10.7. The molecule has 0 aliphatic carbocycles. The van der Waals surface area contributed by atoms with Gasteiger partial charge in [0.05, 0.1) is 21.8 Å². The van der Waals surface area contributed by atoms with Gasteiger partial charge in [0.1, 0.15) is 0 Å². The second-order valence-corrected chi connectivity index (χ2v) is 18.5. The average molecular weight is 761 g/mol. The number of fused-ring (bicyclic) bond motifs is 4. The summed E-state index contributed by atoms with van der Waals surface area (Å²) in [5.74, 6) is 4.00. The van der Waals surface area contributed by atoms with Crippen molar-refractivity contribution >= 4 is 37.4 Å². The summed E-state index contributed by atoms with van der Waals surface area (Å²) in [6.45, 7) is 4.79. The molecule has 2 aliphatic rings. The molecule has 2 nitrogen and oxygen atoms in total. The Kier molecular flexibility index (Phi) is 8.97. The first-order valence-corrected chi connectivity index (χ1v) is 20.1. The molecule has 47 heavy (non-hydrogen) atoms. The predicted octanol–water partition coefficient (Wildman–Crippen LogP) is 14.6. The van der Waals surface area contributed by atoms with Gasteiger partial charge < -0.3 is 9.47 Å². The van der Waals surface area contributed by atoms with E-state index in [4.69, 9.17) is 9.47 Å². The molecule has 4 aromatic carbocycles. The summed E-state index contributed by atoms with van der Waals surface area (Å²) in [5, 5.41) is 0.905. The molecule has 18 heteroatoms. The van der Waals surface area contributed by atoms with E-state index >= 15 is 0 Å². The van der Waals surface area contributed by atoms with Crippen molar-refractivity contribution in [3.8, 4) is 23.0 Å². The molecule has 0 bridgehead atoms. The van der Waals surface area contributed by atoms with E-state index in [9.17, 15) is 50.4 Å². The minimum absolute atomic E-state index is 0.0766. The van der Waals surface area contributed by atoms with Crippen LogP contribution in [0.1, 0.15) is 20.3 Å². The Bertz CT molecular complexity index is 1630. The first-order chi connectivity index (χ1) is 21.2. The molecule has 260 valence electrons. The van der Waals surface area contributed by atoms with Crippen molar-refractivity contribution in [1.82, 2.24) is 0 Å². The Morgan fingerprint density at radius 1 is 0.468 bits per heavy atom. The van der Waals surface area contributed by atoms with Crippen LogP contribution in [-0.4, -0.2) is 10.5 Å². The zero-order valence-corrected chi connectivity index (χ0v) is 27.6. The van der Waals surface area contributed by atoms with Crippen molar-refractivity contribution in [2.75, 3.05) is 0 Å². The summed E-state index contributed by atoms with van der Waals surface area (Å²) < 4.78 is 131. The maximum atomic E-state index is 9.87. The number of hydrogen-bond acceptors (Lipinski definition) is 2. The molecule has 2 aliphatic heterocycles. The predicted molar refractivity (Wildman–Crippen MR) is 164 cm³/mol.